The van der Waals surface area contributed by atoms with Crippen molar-refractivity contribution in [2.24, 2.45) is 0 Å². The Bertz CT molecular complexity index is 321. The van der Waals surface area contributed by atoms with Crippen molar-refractivity contribution in [3.8, 4) is 11.5 Å². The Balaban J connectivity index is 2.73. The number of carbonyl (C=O) groups is 1. The molecule has 0 amide bonds. The number of hydrogen-bond acceptors (Lipinski definition) is 3. The van der Waals surface area contributed by atoms with Crippen LogP contribution >= 0.6 is 0 Å². The molecule has 0 atom stereocenters. The molecule has 1 aromatic rings. The van der Waals surface area contributed by atoms with E-state index in [-0.39, 0.29) is 0 Å². The number of ether oxygens (including phenoxy) is 2. The molecule has 0 N–H and O–H groups in total. The lowest BCUT2D eigenvalue weighted by molar-refractivity contribution is -0.107. The van der Waals surface area contributed by atoms with Gasteiger partial charge in [0.05, 0.1) is 14.2 Å². The molecule has 3 heteroatoms. The summed E-state index contributed by atoms with van der Waals surface area (Å²) in [6, 6.07) is 5.73. The van der Waals surface area contributed by atoms with Crippen molar-refractivity contribution in [2.45, 2.75) is 19.3 Å². The fourth-order valence-electron chi connectivity index (χ4n) is 1.43. The molecule has 0 unspecified atom stereocenters. The molecule has 0 aliphatic carbocycles. The van der Waals surface area contributed by atoms with E-state index in [1.165, 1.54) is 0 Å². The number of hydrogen-bond donors (Lipinski definition) is 0. The van der Waals surface area contributed by atoms with E-state index < -0.39 is 0 Å². The van der Waals surface area contributed by atoms with Gasteiger partial charge in [-0.05, 0) is 24.5 Å². The van der Waals surface area contributed by atoms with Crippen molar-refractivity contribution in [2.75, 3.05) is 14.2 Å². The highest BCUT2D eigenvalue weighted by molar-refractivity contribution is 5.49. The summed E-state index contributed by atoms with van der Waals surface area (Å²) in [6.07, 6.45) is 3.24. The second kappa shape index (κ2) is 6.06. The van der Waals surface area contributed by atoms with Gasteiger partial charge in [0.1, 0.15) is 17.8 Å². The Hall–Kier alpha value is -1.51. The highest BCUT2D eigenvalue weighted by Crippen LogP contribution is 2.25. The Kier molecular flexibility index (Phi) is 4.68. The average Bonchev–Trinajstić information content (AvgIpc) is 2.29. The first-order valence-corrected chi connectivity index (χ1v) is 4.96. The van der Waals surface area contributed by atoms with E-state index in [4.69, 9.17) is 9.47 Å². The van der Waals surface area contributed by atoms with Crippen LogP contribution in [0.15, 0.2) is 18.2 Å². The summed E-state index contributed by atoms with van der Waals surface area (Å²) in [5.74, 6) is 1.60. The number of rotatable bonds is 6. The van der Waals surface area contributed by atoms with E-state index in [9.17, 15) is 4.79 Å². The zero-order chi connectivity index (χ0) is 11.1. The van der Waals surface area contributed by atoms with Gasteiger partial charge in [-0.15, -0.1) is 0 Å². The molecule has 0 fully saturated rings. The van der Waals surface area contributed by atoms with Crippen LogP contribution in [0, 0.1) is 0 Å². The molecule has 15 heavy (non-hydrogen) atoms. The van der Waals surface area contributed by atoms with Gasteiger partial charge in [-0.3, -0.25) is 0 Å². The van der Waals surface area contributed by atoms with Gasteiger partial charge < -0.3 is 14.3 Å². The third kappa shape index (κ3) is 3.27. The van der Waals surface area contributed by atoms with Crippen molar-refractivity contribution in [1.82, 2.24) is 0 Å². The number of benzene rings is 1. The Morgan fingerprint density at radius 2 is 2.07 bits per heavy atom. The summed E-state index contributed by atoms with van der Waals surface area (Å²) < 4.78 is 10.4. The van der Waals surface area contributed by atoms with Crippen LogP contribution < -0.4 is 9.47 Å². The van der Waals surface area contributed by atoms with Crippen molar-refractivity contribution in [1.29, 1.82) is 0 Å². The average molecular weight is 208 g/mol. The molecule has 0 saturated carbocycles. The first-order chi connectivity index (χ1) is 7.31. The number of unbranched alkanes of at least 4 members (excludes halogenated alkanes) is 1. The summed E-state index contributed by atoms with van der Waals surface area (Å²) in [4.78, 5) is 10.2. The molecule has 0 aliphatic rings. The molecular formula is C12H16O3. The predicted octanol–water partition coefficient (Wildman–Crippen LogP) is 2.23. The molecule has 0 radical (unpaired) electrons. The molecule has 0 saturated heterocycles. The molecule has 1 aromatic carbocycles. The zero-order valence-electron chi connectivity index (χ0n) is 9.16. The SMILES string of the molecule is COc1ccc(CCCC=O)c(OC)c1. The largest absolute Gasteiger partial charge is 0.497 e. The van der Waals surface area contributed by atoms with Crippen LogP contribution in [0.25, 0.3) is 0 Å². The van der Waals surface area contributed by atoms with Crippen molar-refractivity contribution in [3.63, 3.8) is 0 Å². The third-order valence-corrected chi connectivity index (χ3v) is 2.26. The van der Waals surface area contributed by atoms with Crippen LogP contribution in [0.5, 0.6) is 11.5 Å². The third-order valence-electron chi connectivity index (χ3n) is 2.26. The lowest BCUT2D eigenvalue weighted by Crippen LogP contribution is -1.94. The van der Waals surface area contributed by atoms with E-state index in [2.05, 4.69) is 0 Å². The first kappa shape index (κ1) is 11.6. The second-order valence-electron chi connectivity index (χ2n) is 3.24. The highest BCUT2D eigenvalue weighted by atomic mass is 16.5. The summed E-state index contributed by atoms with van der Waals surface area (Å²) in [6.45, 7) is 0. The van der Waals surface area contributed by atoms with Gasteiger partial charge in [0.25, 0.3) is 0 Å². The number of carbonyl (C=O) groups excluding carboxylic acids is 1. The normalized spacial score (nSPS) is 9.73. The van der Waals surface area contributed by atoms with Gasteiger partial charge in [-0.1, -0.05) is 6.07 Å². The van der Waals surface area contributed by atoms with Crippen LogP contribution in [0.2, 0.25) is 0 Å². The minimum Gasteiger partial charge on any atom is -0.497 e. The van der Waals surface area contributed by atoms with E-state index in [0.717, 1.165) is 36.2 Å². The minimum atomic E-state index is 0.592. The molecule has 0 aromatic heterocycles. The van der Waals surface area contributed by atoms with E-state index >= 15 is 0 Å². The number of aldehydes is 1. The number of aryl methyl sites for hydroxylation is 1. The Labute approximate surface area is 90.0 Å². The molecule has 0 aliphatic heterocycles. The lowest BCUT2D eigenvalue weighted by atomic mass is 10.1. The fourth-order valence-corrected chi connectivity index (χ4v) is 1.43. The van der Waals surface area contributed by atoms with Crippen LogP contribution in [0.3, 0.4) is 0 Å². The minimum absolute atomic E-state index is 0.592. The quantitative estimate of drug-likeness (QED) is 0.531. The maximum atomic E-state index is 10.2. The van der Waals surface area contributed by atoms with Crippen molar-refractivity contribution < 1.29 is 14.3 Å². The molecular weight excluding hydrogens is 192 g/mol. The van der Waals surface area contributed by atoms with Gasteiger partial charge in [0, 0.05) is 12.5 Å². The van der Waals surface area contributed by atoms with Crippen LogP contribution in [-0.4, -0.2) is 20.5 Å². The molecule has 82 valence electrons. The van der Waals surface area contributed by atoms with E-state index in [0.29, 0.717) is 6.42 Å². The van der Waals surface area contributed by atoms with Crippen LogP contribution in [0.1, 0.15) is 18.4 Å². The predicted molar refractivity (Wildman–Crippen MR) is 58.5 cm³/mol. The summed E-state index contributed by atoms with van der Waals surface area (Å²) in [5, 5.41) is 0. The standard InChI is InChI=1S/C12H16O3/c1-14-11-7-6-10(5-3-4-8-13)12(9-11)15-2/h6-9H,3-5H2,1-2H3. The first-order valence-electron chi connectivity index (χ1n) is 4.96. The van der Waals surface area contributed by atoms with Crippen molar-refractivity contribution >= 4 is 6.29 Å². The summed E-state index contributed by atoms with van der Waals surface area (Å²) in [5.41, 5.74) is 1.11. The maximum Gasteiger partial charge on any atom is 0.125 e. The van der Waals surface area contributed by atoms with Gasteiger partial charge >= 0.3 is 0 Å². The highest BCUT2D eigenvalue weighted by Gasteiger charge is 2.04. The zero-order valence-corrected chi connectivity index (χ0v) is 9.16. The second-order valence-corrected chi connectivity index (χ2v) is 3.24. The Morgan fingerprint density at radius 3 is 2.67 bits per heavy atom. The van der Waals surface area contributed by atoms with Gasteiger partial charge in [0.15, 0.2) is 0 Å². The molecule has 0 heterocycles. The van der Waals surface area contributed by atoms with E-state index in [1.54, 1.807) is 14.2 Å². The van der Waals surface area contributed by atoms with Crippen LogP contribution in [-0.2, 0) is 11.2 Å². The van der Waals surface area contributed by atoms with Gasteiger partial charge in [-0.2, -0.15) is 0 Å². The summed E-state index contributed by atoms with van der Waals surface area (Å²) >= 11 is 0. The molecule has 0 spiro atoms. The monoisotopic (exact) mass is 208 g/mol. The van der Waals surface area contributed by atoms with Gasteiger partial charge in [0.2, 0.25) is 0 Å². The molecule has 1 rings (SSSR count). The van der Waals surface area contributed by atoms with E-state index in [1.807, 2.05) is 18.2 Å². The number of methoxy groups -OCH3 is 2. The lowest BCUT2D eigenvalue weighted by Gasteiger charge is -2.09. The van der Waals surface area contributed by atoms with Crippen LogP contribution in [0.4, 0.5) is 0 Å². The molecule has 0 bridgehead atoms. The van der Waals surface area contributed by atoms with Crippen molar-refractivity contribution in [3.05, 3.63) is 23.8 Å². The fraction of sp³-hybridized carbons (Fsp3) is 0.417. The van der Waals surface area contributed by atoms with Gasteiger partial charge in [-0.25, -0.2) is 0 Å². The smallest absolute Gasteiger partial charge is 0.125 e. The molecule has 3 nitrogen and oxygen atoms in total. The maximum absolute atomic E-state index is 10.2. The topological polar surface area (TPSA) is 35.5 Å². The Morgan fingerprint density at radius 1 is 1.27 bits per heavy atom. The summed E-state index contributed by atoms with van der Waals surface area (Å²) in [7, 11) is 3.26.